The Bertz CT molecular complexity index is 285. The van der Waals surface area contributed by atoms with E-state index in [-0.39, 0.29) is 6.09 Å². The van der Waals surface area contributed by atoms with Crippen molar-refractivity contribution in [2.24, 2.45) is 17.1 Å². The first-order chi connectivity index (χ1) is 6.87. The van der Waals surface area contributed by atoms with Crippen LogP contribution in [0.4, 0.5) is 4.79 Å². The van der Waals surface area contributed by atoms with Crippen LogP contribution in [0.15, 0.2) is 0 Å². The maximum absolute atomic E-state index is 11.5. The smallest absolute Gasteiger partial charge is 0.407 e. The van der Waals surface area contributed by atoms with Crippen LogP contribution < -0.4 is 11.1 Å². The molecule has 4 nitrogen and oxygen atoms in total. The highest BCUT2D eigenvalue weighted by Gasteiger charge is 2.70. The Hall–Kier alpha value is -0.770. The van der Waals surface area contributed by atoms with Gasteiger partial charge in [-0.2, -0.15) is 0 Å². The lowest BCUT2D eigenvalue weighted by molar-refractivity contribution is 0.0519. The number of hydrogen-bond donors (Lipinski definition) is 2. The first-order valence-electron chi connectivity index (χ1n) is 5.57. The molecule has 3 N–H and O–H groups in total. The Balaban J connectivity index is 1.74. The highest BCUT2D eigenvalue weighted by atomic mass is 16.6. The van der Waals surface area contributed by atoms with Crippen molar-refractivity contribution in [3.63, 3.8) is 0 Å². The molecule has 86 valence electrons. The van der Waals surface area contributed by atoms with Gasteiger partial charge in [-0.15, -0.1) is 0 Å². The normalized spacial score (nSPS) is 37.6. The van der Waals surface area contributed by atoms with Gasteiger partial charge in [-0.1, -0.05) is 0 Å². The molecule has 2 aliphatic rings. The van der Waals surface area contributed by atoms with Gasteiger partial charge < -0.3 is 15.8 Å². The van der Waals surface area contributed by atoms with E-state index in [9.17, 15) is 4.79 Å². The molecule has 0 aromatic rings. The molecular formula is C11H20N2O2. The number of rotatable bonds is 2. The van der Waals surface area contributed by atoms with Crippen LogP contribution in [0, 0.1) is 11.3 Å². The van der Waals surface area contributed by atoms with Crippen LogP contribution in [0.1, 0.15) is 33.6 Å². The fourth-order valence-corrected chi connectivity index (χ4v) is 2.36. The average Bonchev–Trinajstić information content (AvgIpc) is 2.90. The summed E-state index contributed by atoms with van der Waals surface area (Å²) in [7, 11) is 0. The molecule has 3 unspecified atom stereocenters. The Morgan fingerprint density at radius 2 is 2.20 bits per heavy atom. The second kappa shape index (κ2) is 3.11. The van der Waals surface area contributed by atoms with E-state index in [1.54, 1.807) is 0 Å². The van der Waals surface area contributed by atoms with Gasteiger partial charge in [-0.25, -0.2) is 4.79 Å². The quantitative estimate of drug-likeness (QED) is 0.724. The van der Waals surface area contributed by atoms with Crippen molar-refractivity contribution < 1.29 is 9.53 Å². The van der Waals surface area contributed by atoms with Crippen LogP contribution in [0.5, 0.6) is 0 Å². The van der Waals surface area contributed by atoms with Crippen molar-refractivity contribution in [2.45, 2.75) is 45.3 Å². The molecule has 15 heavy (non-hydrogen) atoms. The minimum Gasteiger partial charge on any atom is -0.444 e. The molecule has 0 aromatic heterocycles. The molecule has 0 bridgehead atoms. The highest BCUT2D eigenvalue weighted by molar-refractivity contribution is 5.69. The molecule has 3 atom stereocenters. The van der Waals surface area contributed by atoms with E-state index in [0.717, 1.165) is 13.0 Å². The van der Waals surface area contributed by atoms with E-state index in [2.05, 4.69) is 5.32 Å². The summed E-state index contributed by atoms with van der Waals surface area (Å²) in [6.07, 6.45) is 1.95. The van der Waals surface area contributed by atoms with Crippen molar-refractivity contribution in [2.75, 3.05) is 6.54 Å². The highest BCUT2D eigenvalue weighted by Crippen LogP contribution is 2.69. The van der Waals surface area contributed by atoms with Crippen molar-refractivity contribution >= 4 is 6.09 Å². The van der Waals surface area contributed by atoms with Crippen LogP contribution in [0.2, 0.25) is 0 Å². The van der Waals surface area contributed by atoms with Crippen LogP contribution in [0.3, 0.4) is 0 Å². The van der Waals surface area contributed by atoms with Gasteiger partial charge in [0.05, 0.1) is 0 Å². The SMILES string of the molecule is CC(C)(C)OC(=O)NC1CC12CC2CN. The van der Waals surface area contributed by atoms with Crippen LogP contribution in [-0.2, 0) is 4.74 Å². The van der Waals surface area contributed by atoms with Gasteiger partial charge in [0, 0.05) is 6.04 Å². The molecule has 1 spiro atoms. The molecule has 4 heteroatoms. The lowest BCUT2D eigenvalue weighted by Gasteiger charge is -2.19. The lowest BCUT2D eigenvalue weighted by Crippen LogP contribution is -2.34. The summed E-state index contributed by atoms with van der Waals surface area (Å²) in [5.74, 6) is 0.623. The number of nitrogens with two attached hydrogens (primary N) is 1. The number of ether oxygens (including phenoxy) is 1. The van der Waals surface area contributed by atoms with Gasteiger partial charge in [-0.3, -0.25) is 0 Å². The summed E-state index contributed by atoms with van der Waals surface area (Å²) in [4.78, 5) is 11.5. The van der Waals surface area contributed by atoms with Crippen molar-refractivity contribution in [1.29, 1.82) is 0 Å². The summed E-state index contributed by atoms with van der Waals surface area (Å²) in [6.45, 7) is 6.35. The minimum atomic E-state index is -0.414. The number of amides is 1. The number of hydrogen-bond acceptors (Lipinski definition) is 3. The second-order valence-electron chi connectivity index (χ2n) is 5.77. The Morgan fingerprint density at radius 1 is 1.53 bits per heavy atom. The zero-order chi connectivity index (χ0) is 11.3. The third kappa shape index (κ3) is 2.09. The van der Waals surface area contributed by atoms with E-state index in [1.165, 1.54) is 6.42 Å². The standard InChI is InChI=1S/C11H20N2O2/c1-10(2,3)15-9(14)13-8-5-11(8)4-7(11)6-12/h7-8H,4-6,12H2,1-3H3,(H,13,14). The molecule has 0 saturated heterocycles. The summed E-state index contributed by atoms with van der Waals surface area (Å²) in [5.41, 5.74) is 5.54. The predicted molar refractivity (Wildman–Crippen MR) is 57.4 cm³/mol. The third-order valence-corrected chi connectivity index (χ3v) is 3.37. The molecular weight excluding hydrogens is 192 g/mol. The maximum Gasteiger partial charge on any atom is 0.407 e. The molecule has 0 radical (unpaired) electrons. The van der Waals surface area contributed by atoms with Gasteiger partial charge in [0.1, 0.15) is 5.60 Å². The first-order valence-corrected chi connectivity index (χ1v) is 5.57. The second-order valence-corrected chi connectivity index (χ2v) is 5.77. The van der Waals surface area contributed by atoms with E-state index in [1.807, 2.05) is 20.8 Å². The number of nitrogens with one attached hydrogen (secondary N) is 1. The molecule has 1 amide bonds. The third-order valence-electron chi connectivity index (χ3n) is 3.37. The topological polar surface area (TPSA) is 64.3 Å². The Kier molecular flexibility index (Phi) is 2.23. The number of carbonyl (C=O) groups is 1. The minimum absolute atomic E-state index is 0.299. The van der Waals surface area contributed by atoms with E-state index >= 15 is 0 Å². The monoisotopic (exact) mass is 212 g/mol. The van der Waals surface area contributed by atoms with Gasteiger partial charge in [0.2, 0.25) is 0 Å². The largest absolute Gasteiger partial charge is 0.444 e. The molecule has 2 saturated carbocycles. The molecule has 0 aliphatic heterocycles. The van der Waals surface area contributed by atoms with Gasteiger partial charge in [-0.05, 0) is 51.5 Å². The number of alkyl carbamates (subject to hydrolysis) is 1. The van der Waals surface area contributed by atoms with E-state index in [0.29, 0.717) is 17.4 Å². The Morgan fingerprint density at radius 3 is 2.67 bits per heavy atom. The Labute approximate surface area is 90.5 Å². The summed E-state index contributed by atoms with van der Waals surface area (Å²) < 4.78 is 5.20. The molecule has 0 heterocycles. The fraction of sp³-hybridized carbons (Fsp3) is 0.909. The maximum atomic E-state index is 11.5. The zero-order valence-electron chi connectivity index (χ0n) is 9.67. The van der Waals surface area contributed by atoms with Crippen molar-refractivity contribution in [1.82, 2.24) is 5.32 Å². The zero-order valence-corrected chi connectivity index (χ0v) is 9.67. The van der Waals surface area contributed by atoms with E-state index in [4.69, 9.17) is 10.5 Å². The summed E-state index contributed by atoms with van der Waals surface area (Å²) in [6, 6.07) is 0.306. The first kappa shape index (κ1) is 10.7. The number of carbonyl (C=O) groups excluding carboxylic acids is 1. The van der Waals surface area contributed by atoms with E-state index < -0.39 is 5.60 Å². The average molecular weight is 212 g/mol. The van der Waals surface area contributed by atoms with Crippen LogP contribution in [0.25, 0.3) is 0 Å². The summed E-state index contributed by atoms with van der Waals surface area (Å²) >= 11 is 0. The van der Waals surface area contributed by atoms with Gasteiger partial charge >= 0.3 is 6.09 Å². The van der Waals surface area contributed by atoms with Gasteiger partial charge in [0.15, 0.2) is 0 Å². The molecule has 2 rings (SSSR count). The van der Waals surface area contributed by atoms with Crippen molar-refractivity contribution in [3.8, 4) is 0 Å². The molecule has 2 aliphatic carbocycles. The van der Waals surface area contributed by atoms with Crippen molar-refractivity contribution in [3.05, 3.63) is 0 Å². The van der Waals surface area contributed by atoms with Gasteiger partial charge in [0.25, 0.3) is 0 Å². The van der Waals surface area contributed by atoms with Crippen LogP contribution in [-0.4, -0.2) is 24.3 Å². The van der Waals surface area contributed by atoms with Crippen LogP contribution >= 0.6 is 0 Å². The predicted octanol–water partition coefficient (Wildman–Crippen LogP) is 1.25. The molecule has 0 aromatic carbocycles. The fourth-order valence-electron chi connectivity index (χ4n) is 2.36. The molecule has 2 fully saturated rings. The lowest BCUT2D eigenvalue weighted by atomic mass is 10.2. The summed E-state index contributed by atoms with van der Waals surface area (Å²) in [5, 5.41) is 2.91.